The average Bonchev–Trinajstić information content (AvgIpc) is 3.19. The Morgan fingerprint density at radius 2 is 1.82 bits per heavy atom. The SMILES string of the molecule is COc1c2c(c(C)c3c1C(=O)OC3)O[C@@]1(C)C[C@@H](O)[C@@]34O[C@@](O)(CC[C@@]3(C)[C@@H]1C2)OC4(C)C. The topological polar surface area (TPSA) is 104 Å². The molecule has 2 N–H and O–H groups in total. The lowest BCUT2D eigenvalue weighted by molar-refractivity contribution is -0.384. The van der Waals surface area contributed by atoms with Crippen molar-refractivity contribution in [1.82, 2.24) is 0 Å². The normalized spacial score (nSPS) is 44.2. The van der Waals surface area contributed by atoms with Crippen LogP contribution in [0, 0.1) is 18.3 Å². The molecule has 2 saturated heterocycles. The number of aliphatic hydroxyl groups excluding tert-OH is 1. The maximum absolute atomic E-state index is 12.5. The second kappa shape index (κ2) is 6.03. The molecule has 0 unspecified atom stereocenters. The molecular formula is C25H32O8. The first kappa shape index (κ1) is 21.6. The zero-order valence-electron chi connectivity index (χ0n) is 20.0. The van der Waals surface area contributed by atoms with Gasteiger partial charge in [0.2, 0.25) is 0 Å². The minimum atomic E-state index is -1.70. The second-order valence-electron chi connectivity index (χ2n) is 11.4. The summed E-state index contributed by atoms with van der Waals surface area (Å²) in [6, 6.07) is 0. The summed E-state index contributed by atoms with van der Waals surface area (Å²) in [6.07, 6.45) is 0.893. The molecule has 1 aromatic carbocycles. The van der Waals surface area contributed by atoms with Gasteiger partial charge in [0.25, 0.3) is 5.97 Å². The van der Waals surface area contributed by atoms with E-state index in [0.29, 0.717) is 42.7 Å². The lowest BCUT2D eigenvalue weighted by atomic mass is 9.46. The fourth-order valence-electron chi connectivity index (χ4n) is 8.09. The minimum Gasteiger partial charge on any atom is -0.495 e. The smallest absolute Gasteiger partial charge is 0.342 e. The van der Waals surface area contributed by atoms with E-state index in [1.54, 1.807) is 7.11 Å². The van der Waals surface area contributed by atoms with Gasteiger partial charge < -0.3 is 33.9 Å². The van der Waals surface area contributed by atoms with Crippen LogP contribution in [0.5, 0.6) is 11.5 Å². The van der Waals surface area contributed by atoms with Crippen LogP contribution in [-0.2, 0) is 27.2 Å². The number of esters is 1. The van der Waals surface area contributed by atoms with Crippen LogP contribution in [-0.4, -0.2) is 52.2 Å². The Morgan fingerprint density at radius 3 is 2.52 bits per heavy atom. The first-order valence-electron chi connectivity index (χ1n) is 11.7. The fourth-order valence-corrected chi connectivity index (χ4v) is 8.09. The largest absolute Gasteiger partial charge is 0.495 e. The van der Waals surface area contributed by atoms with Gasteiger partial charge in [-0.05, 0) is 46.1 Å². The number of benzene rings is 1. The van der Waals surface area contributed by atoms with Crippen LogP contribution < -0.4 is 9.47 Å². The Balaban J connectivity index is 1.56. The van der Waals surface area contributed by atoms with Crippen molar-refractivity contribution in [2.45, 2.75) is 95.8 Å². The summed E-state index contributed by atoms with van der Waals surface area (Å²) >= 11 is 0. The summed E-state index contributed by atoms with van der Waals surface area (Å²) in [4.78, 5) is 12.5. The number of rotatable bonds is 1. The van der Waals surface area contributed by atoms with Gasteiger partial charge in [-0.2, -0.15) is 0 Å². The molecule has 180 valence electrons. The Hall–Kier alpha value is -1.87. The summed E-state index contributed by atoms with van der Waals surface area (Å²) in [5, 5.41) is 22.6. The van der Waals surface area contributed by atoms with Crippen molar-refractivity contribution < 1.29 is 38.7 Å². The van der Waals surface area contributed by atoms with Crippen molar-refractivity contribution in [3.63, 3.8) is 0 Å². The van der Waals surface area contributed by atoms with Gasteiger partial charge in [-0.25, -0.2) is 4.79 Å². The second-order valence-corrected chi connectivity index (χ2v) is 11.4. The number of carbonyl (C=O) groups is 1. The highest BCUT2D eigenvalue weighted by atomic mass is 16.9. The van der Waals surface area contributed by atoms with E-state index >= 15 is 0 Å². The molecule has 1 saturated carbocycles. The third kappa shape index (κ3) is 2.29. The molecule has 3 fully saturated rings. The highest BCUT2D eigenvalue weighted by Crippen LogP contribution is 2.70. The molecule has 4 aliphatic heterocycles. The third-order valence-corrected chi connectivity index (χ3v) is 9.38. The zero-order valence-corrected chi connectivity index (χ0v) is 20.0. The van der Waals surface area contributed by atoms with E-state index in [-0.39, 0.29) is 18.5 Å². The fraction of sp³-hybridized carbons (Fsp3) is 0.720. The van der Waals surface area contributed by atoms with E-state index in [1.165, 1.54) is 0 Å². The molecule has 0 aromatic heterocycles. The van der Waals surface area contributed by atoms with E-state index in [9.17, 15) is 15.0 Å². The van der Waals surface area contributed by atoms with Gasteiger partial charge >= 0.3 is 5.97 Å². The summed E-state index contributed by atoms with van der Waals surface area (Å²) in [6.45, 7) is 10.1. The first-order chi connectivity index (χ1) is 15.3. The molecule has 5 aliphatic rings. The molecule has 6 atom stereocenters. The summed E-state index contributed by atoms with van der Waals surface area (Å²) < 4.78 is 30.2. The van der Waals surface area contributed by atoms with Gasteiger partial charge in [0, 0.05) is 35.3 Å². The van der Waals surface area contributed by atoms with E-state index in [0.717, 1.165) is 16.7 Å². The Kier molecular flexibility index (Phi) is 3.95. The molecule has 33 heavy (non-hydrogen) atoms. The molecule has 1 aromatic rings. The highest BCUT2D eigenvalue weighted by Gasteiger charge is 2.80. The van der Waals surface area contributed by atoms with Gasteiger partial charge in [-0.1, -0.05) is 6.92 Å². The molecule has 1 aliphatic carbocycles. The number of hydrogen-bond acceptors (Lipinski definition) is 8. The molecule has 8 nitrogen and oxygen atoms in total. The Morgan fingerprint density at radius 1 is 1.09 bits per heavy atom. The standard InChI is InChI=1S/C25H32O8/c1-12-14-11-30-20(27)17(14)19(29-6)13-9-15-22(4)7-8-24(28)32-21(2,3)25(22,33-24)16(26)10-23(15,5)31-18(12)13/h15-16,26,28H,7-11H2,1-6H3/t15-,16+,22-,23-,24+,25-/m0/s1. The lowest BCUT2D eigenvalue weighted by Gasteiger charge is -2.66. The number of methoxy groups -OCH3 is 1. The zero-order chi connectivity index (χ0) is 23.8. The van der Waals surface area contributed by atoms with Gasteiger partial charge in [-0.15, -0.1) is 0 Å². The van der Waals surface area contributed by atoms with E-state index in [4.69, 9.17) is 23.7 Å². The van der Waals surface area contributed by atoms with E-state index < -0.39 is 34.3 Å². The van der Waals surface area contributed by atoms with Crippen molar-refractivity contribution in [3.8, 4) is 11.5 Å². The summed E-state index contributed by atoms with van der Waals surface area (Å²) in [5.41, 5.74) is -0.292. The van der Waals surface area contributed by atoms with Gasteiger partial charge in [0.05, 0.1) is 13.2 Å². The number of cyclic esters (lactones) is 1. The molecule has 1 spiro atoms. The van der Waals surface area contributed by atoms with Gasteiger partial charge in [-0.3, -0.25) is 0 Å². The molecule has 8 heteroatoms. The lowest BCUT2D eigenvalue weighted by Crippen LogP contribution is -2.76. The van der Waals surface area contributed by atoms with Crippen LogP contribution >= 0.6 is 0 Å². The van der Waals surface area contributed by atoms with Crippen LogP contribution in [0.3, 0.4) is 0 Å². The van der Waals surface area contributed by atoms with Gasteiger partial charge in [0.1, 0.15) is 40.5 Å². The van der Waals surface area contributed by atoms with Gasteiger partial charge in [0.15, 0.2) is 0 Å². The Bertz CT molecular complexity index is 1100. The van der Waals surface area contributed by atoms with E-state index in [1.807, 2.05) is 27.7 Å². The number of fused-ring (bicyclic) bond motifs is 5. The number of aliphatic hydroxyl groups is 2. The van der Waals surface area contributed by atoms with Crippen LogP contribution in [0.25, 0.3) is 0 Å². The van der Waals surface area contributed by atoms with E-state index in [2.05, 4.69) is 6.92 Å². The number of hydrogen-bond donors (Lipinski definition) is 2. The highest BCUT2D eigenvalue weighted by molar-refractivity contribution is 5.98. The van der Waals surface area contributed by atoms with Crippen molar-refractivity contribution in [1.29, 1.82) is 0 Å². The predicted molar refractivity (Wildman–Crippen MR) is 115 cm³/mol. The average molecular weight is 461 g/mol. The van der Waals surface area contributed by atoms with Crippen molar-refractivity contribution in [3.05, 3.63) is 22.3 Å². The number of carbonyl (C=O) groups excluding carboxylic acids is 1. The van der Waals surface area contributed by atoms with Crippen LogP contribution in [0.2, 0.25) is 0 Å². The predicted octanol–water partition coefficient (Wildman–Crippen LogP) is 2.76. The molecule has 4 heterocycles. The number of ether oxygens (including phenoxy) is 5. The summed E-state index contributed by atoms with van der Waals surface area (Å²) in [7, 11) is 1.57. The van der Waals surface area contributed by atoms with Crippen molar-refractivity contribution in [2.75, 3.05) is 7.11 Å². The maximum Gasteiger partial charge on any atom is 0.342 e. The quantitative estimate of drug-likeness (QED) is 0.617. The summed E-state index contributed by atoms with van der Waals surface area (Å²) in [5.74, 6) is -0.947. The monoisotopic (exact) mass is 460 g/mol. The first-order valence-corrected chi connectivity index (χ1v) is 11.7. The molecule has 0 radical (unpaired) electrons. The third-order valence-electron chi connectivity index (χ3n) is 9.38. The molecule has 0 amide bonds. The van der Waals surface area contributed by atoms with Crippen LogP contribution in [0.1, 0.15) is 74.0 Å². The van der Waals surface area contributed by atoms with Crippen molar-refractivity contribution in [2.24, 2.45) is 11.3 Å². The minimum absolute atomic E-state index is 0.0878. The Labute approximate surface area is 193 Å². The van der Waals surface area contributed by atoms with Crippen LogP contribution in [0.15, 0.2) is 0 Å². The molecule has 2 bridgehead atoms. The molecule has 6 rings (SSSR count). The van der Waals surface area contributed by atoms with Crippen LogP contribution in [0.4, 0.5) is 0 Å². The maximum atomic E-state index is 12.5. The molecular weight excluding hydrogens is 428 g/mol. The van der Waals surface area contributed by atoms with Crippen molar-refractivity contribution >= 4 is 5.97 Å².